The predicted octanol–water partition coefficient (Wildman–Crippen LogP) is 7.05. The van der Waals surface area contributed by atoms with Gasteiger partial charge < -0.3 is 10.2 Å². The Kier molecular flexibility index (Phi) is 5.93. The standard InChI is InChI=1S/C25H38O2/c1-16(2)20-12-11-17(3)13-21(20)24-22(26)14-19(15-23(24)27)25(4,5)18-9-7-6-8-10-18/h11,14-16,18,20-21,26-27H,6-10,12-13H2,1-5H3/t20-,21+/m0/s1. The van der Waals surface area contributed by atoms with Gasteiger partial charge in [-0.25, -0.2) is 0 Å². The van der Waals surface area contributed by atoms with Gasteiger partial charge in [0.2, 0.25) is 0 Å². The molecule has 27 heavy (non-hydrogen) atoms. The highest BCUT2D eigenvalue weighted by molar-refractivity contribution is 5.51. The van der Waals surface area contributed by atoms with Gasteiger partial charge in [0.25, 0.3) is 0 Å². The SMILES string of the molecule is CC1=CC[C@@H](C(C)C)[C@H](c2c(O)cc(C(C)(C)C3CCCCC3)cc2O)C1. The van der Waals surface area contributed by atoms with Gasteiger partial charge >= 0.3 is 0 Å². The molecule has 0 heterocycles. The highest BCUT2D eigenvalue weighted by Gasteiger charge is 2.36. The molecule has 2 nitrogen and oxygen atoms in total. The Labute approximate surface area is 165 Å². The number of phenolic OH excluding ortho intramolecular Hbond substituents is 2. The number of phenols is 2. The first kappa shape index (κ1) is 20.3. The van der Waals surface area contributed by atoms with E-state index in [-0.39, 0.29) is 11.3 Å². The van der Waals surface area contributed by atoms with Crippen LogP contribution in [0.2, 0.25) is 0 Å². The number of rotatable bonds is 4. The van der Waals surface area contributed by atoms with Gasteiger partial charge in [-0.05, 0) is 79.4 Å². The fraction of sp³-hybridized carbons (Fsp3) is 0.680. The summed E-state index contributed by atoms with van der Waals surface area (Å²) in [6.45, 7) is 11.2. The van der Waals surface area contributed by atoms with Gasteiger partial charge in [-0.1, -0.05) is 58.6 Å². The molecule has 2 heteroatoms. The number of aromatic hydroxyl groups is 2. The van der Waals surface area contributed by atoms with E-state index in [9.17, 15) is 10.2 Å². The second kappa shape index (κ2) is 7.89. The molecule has 0 amide bonds. The molecule has 0 aliphatic heterocycles. The Morgan fingerprint density at radius 2 is 1.59 bits per heavy atom. The lowest BCUT2D eigenvalue weighted by molar-refractivity contribution is 0.234. The topological polar surface area (TPSA) is 40.5 Å². The van der Waals surface area contributed by atoms with Crippen LogP contribution in [0.25, 0.3) is 0 Å². The summed E-state index contributed by atoms with van der Waals surface area (Å²) in [5.74, 6) is 2.39. The minimum atomic E-state index is -0.0201. The van der Waals surface area contributed by atoms with Crippen molar-refractivity contribution in [1.29, 1.82) is 0 Å². The van der Waals surface area contributed by atoms with Gasteiger partial charge in [0, 0.05) is 5.56 Å². The van der Waals surface area contributed by atoms with Gasteiger partial charge in [-0.3, -0.25) is 0 Å². The Balaban J connectivity index is 1.96. The Bertz CT molecular complexity index is 669. The summed E-state index contributed by atoms with van der Waals surface area (Å²) < 4.78 is 0. The first-order chi connectivity index (χ1) is 12.7. The van der Waals surface area contributed by atoms with Crippen LogP contribution in [-0.4, -0.2) is 10.2 Å². The lowest BCUT2D eigenvalue weighted by Gasteiger charge is -2.39. The molecule has 1 aromatic carbocycles. The zero-order valence-corrected chi connectivity index (χ0v) is 17.9. The third-order valence-corrected chi connectivity index (χ3v) is 7.53. The highest BCUT2D eigenvalue weighted by atomic mass is 16.3. The van der Waals surface area contributed by atoms with E-state index >= 15 is 0 Å². The van der Waals surface area contributed by atoms with Crippen LogP contribution in [0, 0.1) is 17.8 Å². The van der Waals surface area contributed by atoms with Crippen LogP contribution in [-0.2, 0) is 5.41 Å². The Morgan fingerprint density at radius 3 is 2.15 bits per heavy atom. The van der Waals surface area contributed by atoms with Crippen LogP contribution in [0.4, 0.5) is 0 Å². The van der Waals surface area contributed by atoms with Crippen LogP contribution in [0.5, 0.6) is 11.5 Å². The lowest BCUT2D eigenvalue weighted by atomic mass is 9.66. The van der Waals surface area contributed by atoms with Crippen molar-refractivity contribution >= 4 is 0 Å². The van der Waals surface area contributed by atoms with E-state index in [4.69, 9.17) is 0 Å². The largest absolute Gasteiger partial charge is 0.508 e. The number of benzene rings is 1. The molecule has 3 rings (SSSR count). The van der Waals surface area contributed by atoms with E-state index < -0.39 is 0 Å². The average molecular weight is 371 g/mol. The van der Waals surface area contributed by atoms with Crippen molar-refractivity contribution in [3.8, 4) is 11.5 Å². The van der Waals surface area contributed by atoms with E-state index in [1.807, 2.05) is 12.1 Å². The molecule has 1 aromatic rings. The van der Waals surface area contributed by atoms with E-state index in [0.717, 1.165) is 24.0 Å². The molecule has 2 N–H and O–H groups in total. The van der Waals surface area contributed by atoms with Crippen LogP contribution < -0.4 is 0 Å². The predicted molar refractivity (Wildman–Crippen MR) is 113 cm³/mol. The minimum Gasteiger partial charge on any atom is -0.508 e. The second-order valence-corrected chi connectivity index (χ2v) is 9.99. The lowest BCUT2D eigenvalue weighted by Crippen LogP contribution is -2.30. The molecule has 2 aliphatic carbocycles. The molecule has 2 atom stereocenters. The van der Waals surface area contributed by atoms with Gasteiger partial charge in [0.1, 0.15) is 11.5 Å². The van der Waals surface area contributed by atoms with Crippen LogP contribution in [0.15, 0.2) is 23.8 Å². The molecule has 0 unspecified atom stereocenters. The van der Waals surface area contributed by atoms with Gasteiger partial charge in [-0.2, -0.15) is 0 Å². The smallest absolute Gasteiger partial charge is 0.123 e. The van der Waals surface area contributed by atoms with Gasteiger partial charge in [0.15, 0.2) is 0 Å². The van der Waals surface area contributed by atoms with Crippen molar-refractivity contribution in [1.82, 2.24) is 0 Å². The van der Waals surface area contributed by atoms with Crippen LogP contribution in [0.3, 0.4) is 0 Å². The van der Waals surface area contributed by atoms with Gasteiger partial charge in [-0.15, -0.1) is 0 Å². The molecule has 1 saturated carbocycles. The third-order valence-electron chi connectivity index (χ3n) is 7.53. The summed E-state index contributed by atoms with van der Waals surface area (Å²) in [6, 6.07) is 3.91. The summed E-state index contributed by atoms with van der Waals surface area (Å²) in [4.78, 5) is 0. The maximum atomic E-state index is 11.0. The van der Waals surface area contributed by atoms with Crippen molar-refractivity contribution < 1.29 is 10.2 Å². The summed E-state index contributed by atoms with van der Waals surface area (Å²) in [5, 5.41) is 22.0. The fourth-order valence-electron chi connectivity index (χ4n) is 5.57. The zero-order chi connectivity index (χ0) is 19.8. The summed E-state index contributed by atoms with van der Waals surface area (Å²) in [7, 11) is 0. The summed E-state index contributed by atoms with van der Waals surface area (Å²) in [5.41, 5.74) is 3.19. The molecule has 0 aromatic heterocycles. The third kappa shape index (κ3) is 4.05. The van der Waals surface area contributed by atoms with Crippen LogP contribution in [0.1, 0.15) is 96.6 Å². The monoisotopic (exact) mass is 370 g/mol. The maximum Gasteiger partial charge on any atom is 0.123 e. The summed E-state index contributed by atoms with van der Waals surface area (Å²) >= 11 is 0. The fourth-order valence-corrected chi connectivity index (χ4v) is 5.57. The minimum absolute atomic E-state index is 0.0201. The molecule has 0 bridgehead atoms. The van der Waals surface area contributed by atoms with E-state index in [1.165, 1.54) is 37.7 Å². The molecule has 150 valence electrons. The van der Waals surface area contributed by atoms with Crippen molar-refractivity contribution in [2.24, 2.45) is 17.8 Å². The summed E-state index contributed by atoms with van der Waals surface area (Å²) in [6.07, 6.45) is 10.7. The van der Waals surface area contributed by atoms with E-state index in [0.29, 0.717) is 29.3 Å². The second-order valence-electron chi connectivity index (χ2n) is 9.99. The highest BCUT2D eigenvalue weighted by Crippen LogP contribution is 2.50. The number of allylic oxidation sites excluding steroid dienone is 2. The van der Waals surface area contributed by atoms with Crippen molar-refractivity contribution in [2.75, 3.05) is 0 Å². The van der Waals surface area contributed by atoms with E-state index in [1.54, 1.807) is 0 Å². The molecule has 0 spiro atoms. The Hall–Kier alpha value is -1.44. The zero-order valence-electron chi connectivity index (χ0n) is 17.9. The molecular formula is C25H38O2. The van der Waals surface area contributed by atoms with Crippen LogP contribution >= 0.6 is 0 Å². The van der Waals surface area contributed by atoms with Crippen molar-refractivity contribution in [3.63, 3.8) is 0 Å². The van der Waals surface area contributed by atoms with Gasteiger partial charge in [0.05, 0.1) is 0 Å². The molecule has 0 radical (unpaired) electrons. The van der Waals surface area contributed by atoms with Crippen molar-refractivity contribution in [2.45, 2.75) is 90.9 Å². The maximum absolute atomic E-state index is 11.0. The first-order valence-electron chi connectivity index (χ1n) is 10.9. The normalized spacial score (nSPS) is 24.9. The van der Waals surface area contributed by atoms with Crippen molar-refractivity contribution in [3.05, 3.63) is 34.9 Å². The van der Waals surface area contributed by atoms with E-state index in [2.05, 4.69) is 40.7 Å². The quantitative estimate of drug-likeness (QED) is 0.557. The molecular weight excluding hydrogens is 332 g/mol. The average Bonchev–Trinajstić information content (AvgIpc) is 2.61. The number of hydrogen-bond donors (Lipinski definition) is 2. The number of hydrogen-bond acceptors (Lipinski definition) is 2. The molecule has 1 fully saturated rings. The molecule has 0 saturated heterocycles. The molecule has 2 aliphatic rings. The first-order valence-corrected chi connectivity index (χ1v) is 10.9. The Morgan fingerprint density at radius 1 is 1.00 bits per heavy atom.